The largest absolute Gasteiger partial charge is 0.490 e. The summed E-state index contributed by atoms with van der Waals surface area (Å²) in [4.78, 5) is 37.3. The quantitative estimate of drug-likeness (QED) is 0.645. The molecule has 0 bridgehead atoms. The Morgan fingerprint density at radius 2 is 2.00 bits per heavy atom. The van der Waals surface area contributed by atoms with Crippen LogP contribution in [0.1, 0.15) is 29.8 Å². The zero-order valence-electron chi connectivity index (χ0n) is 16.1. The average molecular weight is 383 g/mol. The second-order valence-electron chi connectivity index (χ2n) is 7.38. The molecule has 0 radical (unpaired) electrons. The molecule has 2 aromatic carbocycles. The lowest BCUT2D eigenvalue weighted by molar-refractivity contribution is -0.385. The summed E-state index contributed by atoms with van der Waals surface area (Å²) in [6, 6.07) is 9.37. The van der Waals surface area contributed by atoms with Crippen LogP contribution in [0.4, 0.5) is 17.1 Å². The summed E-state index contributed by atoms with van der Waals surface area (Å²) in [7, 11) is 1.68. The normalized spacial score (nSPS) is 15.3. The van der Waals surface area contributed by atoms with E-state index < -0.39 is 16.2 Å². The van der Waals surface area contributed by atoms with Gasteiger partial charge in [0.1, 0.15) is 12.4 Å². The van der Waals surface area contributed by atoms with Crippen molar-refractivity contribution in [2.24, 2.45) is 5.41 Å². The van der Waals surface area contributed by atoms with Crippen LogP contribution in [-0.4, -0.2) is 30.4 Å². The van der Waals surface area contributed by atoms with Gasteiger partial charge in [-0.1, -0.05) is 6.07 Å². The molecule has 0 fully saturated rings. The van der Waals surface area contributed by atoms with Gasteiger partial charge in [-0.3, -0.25) is 19.7 Å². The van der Waals surface area contributed by atoms with Crippen LogP contribution in [0.2, 0.25) is 0 Å². The summed E-state index contributed by atoms with van der Waals surface area (Å²) in [5.74, 6) is -0.0372. The van der Waals surface area contributed by atoms with Crippen molar-refractivity contribution in [1.29, 1.82) is 0 Å². The molecule has 146 valence electrons. The number of carbonyl (C=O) groups excluding carboxylic acids is 2. The van der Waals surface area contributed by atoms with Crippen LogP contribution in [0.25, 0.3) is 0 Å². The Morgan fingerprint density at radius 3 is 2.68 bits per heavy atom. The summed E-state index contributed by atoms with van der Waals surface area (Å²) in [5.41, 5.74) is 0.814. The molecule has 0 saturated carbocycles. The lowest BCUT2D eigenvalue weighted by Crippen LogP contribution is -2.39. The van der Waals surface area contributed by atoms with Crippen LogP contribution >= 0.6 is 0 Å². The number of hydrogen-bond acceptors (Lipinski definition) is 5. The van der Waals surface area contributed by atoms with Gasteiger partial charge < -0.3 is 15.0 Å². The van der Waals surface area contributed by atoms with Gasteiger partial charge in [-0.15, -0.1) is 0 Å². The number of hydrogen-bond donors (Lipinski definition) is 1. The number of nitrogens with zero attached hydrogens (tertiary/aromatic N) is 2. The highest BCUT2D eigenvalue weighted by molar-refractivity contribution is 6.06. The molecule has 28 heavy (non-hydrogen) atoms. The number of carbonyl (C=O) groups is 2. The van der Waals surface area contributed by atoms with E-state index >= 15 is 0 Å². The van der Waals surface area contributed by atoms with Crippen molar-refractivity contribution in [3.8, 4) is 5.75 Å². The number of anilines is 2. The summed E-state index contributed by atoms with van der Waals surface area (Å²) < 4.78 is 5.80. The van der Waals surface area contributed by atoms with E-state index in [1.54, 1.807) is 30.1 Å². The van der Waals surface area contributed by atoms with Crippen molar-refractivity contribution in [2.45, 2.75) is 20.8 Å². The van der Waals surface area contributed by atoms with Crippen molar-refractivity contribution in [3.63, 3.8) is 0 Å². The van der Waals surface area contributed by atoms with Crippen molar-refractivity contribution >= 4 is 28.9 Å². The zero-order chi connectivity index (χ0) is 20.6. The van der Waals surface area contributed by atoms with Gasteiger partial charge in [0.25, 0.3) is 11.6 Å². The first kappa shape index (κ1) is 19.3. The predicted molar refractivity (Wildman–Crippen MR) is 105 cm³/mol. The molecule has 1 N–H and O–H groups in total. The summed E-state index contributed by atoms with van der Waals surface area (Å²) in [5, 5.41) is 13.8. The maximum atomic E-state index is 12.6. The number of benzene rings is 2. The fraction of sp³-hybridized carbons (Fsp3) is 0.300. The number of rotatable bonds is 3. The number of nitro groups is 1. The van der Waals surface area contributed by atoms with Crippen LogP contribution in [-0.2, 0) is 4.79 Å². The third-order valence-corrected chi connectivity index (χ3v) is 4.80. The Morgan fingerprint density at radius 1 is 1.29 bits per heavy atom. The molecule has 1 aliphatic rings. The van der Waals surface area contributed by atoms with E-state index in [-0.39, 0.29) is 23.8 Å². The average Bonchev–Trinajstić information content (AvgIpc) is 2.72. The number of amides is 2. The predicted octanol–water partition coefficient (Wildman–Crippen LogP) is 3.54. The standard InChI is InChI=1S/C20H21N3O5/c1-12-14(6-5-7-15(12)23(26)27)18(24)21-13-8-9-16-17(10-13)28-11-20(2,3)19(25)22(16)4/h5-10H,11H2,1-4H3,(H,21,24). The van der Waals surface area contributed by atoms with E-state index in [2.05, 4.69) is 5.32 Å². The molecule has 1 aliphatic heterocycles. The van der Waals surface area contributed by atoms with Crippen molar-refractivity contribution < 1.29 is 19.2 Å². The van der Waals surface area contributed by atoms with Crippen molar-refractivity contribution in [1.82, 2.24) is 0 Å². The first-order valence-electron chi connectivity index (χ1n) is 8.72. The molecular weight excluding hydrogens is 362 g/mol. The van der Waals surface area contributed by atoms with Crippen LogP contribution in [0.3, 0.4) is 0 Å². The van der Waals surface area contributed by atoms with Gasteiger partial charge in [0, 0.05) is 36.0 Å². The fourth-order valence-corrected chi connectivity index (χ4v) is 3.13. The molecule has 2 aromatic rings. The Labute approximate surface area is 162 Å². The molecule has 0 saturated heterocycles. The van der Waals surface area contributed by atoms with Gasteiger partial charge in [0.05, 0.1) is 16.0 Å². The first-order valence-corrected chi connectivity index (χ1v) is 8.72. The maximum absolute atomic E-state index is 12.6. The molecule has 0 spiro atoms. The highest BCUT2D eigenvalue weighted by Gasteiger charge is 2.36. The lowest BCUT2D eigenvalue weighted by Gasteiger charge is -2.24. The van der Waals surface area contributed by atoms with Crippen LogP contribution in [0, 0.1) is 22.5 Å². The molecule has 0 aliphatic carbocycles. The molecular formula is C20H21N3O5. The second kappa shape index (κ2) is 6.95. The molecule has 8 heteroatoms. The van der Waals surface area contributed by atoms with E-state index in [4.69, 9.17) is 4.74 Å². The zero-order valence-corrected chi connectivity index (χ0v) is 16.1. The molecule has 8 nitrogen and oxygen atoms in total. The van der Waals surface area contributed by atoms with E-state index in [1.165, 1.54) is 25.1 Å². The van der Waals surface area contributed by atoms with E-state index in [1.807, 2.05) is 13.8 Å². The van der Waals surface area contributed by atoms with Crippen LogP contribution in [0.5, 0.6) is 5.75 Å². The molecule has 3 rings (SSSR count). The number of nitrogens with one attached hydrogen (secondary N) is 1. The lowest BCUT2D eigenvalue weighted by atomic mass is 9.93. The molecule has 0 unspecified atom stereocenters. The molecule has 0 atom stereocenters. The Bertz CT molecular complexity index is 984. The smallest absolute Gasteiger partial charge is 0.273 e. The van der Waals surface area contributed by atoms with Crippen molar-refractivity contribution in [3.05, 3.63) is 57.6 Å². The van der Waals surface area contributed by atoms with E-state index in [0.29, 0.717) is 22.7 Å². The molecule has 0 aromatic heterocycles. The van der Waals surface area contributed by atoms with Gasteiger partial charge >= 0.3 is 0 Å². The summed E-state index contributed by atoms with van der Waals surface area (Å²) in [6.45, 7) is 5.37. The molecule has 1 heterocycles. The summed E-state index contributed by atoms with van der Waals surface area (Å²) in [6.07, 6.45) is 0. The minimum Gasteiger partial charge on any atom is -0.490 e. The Kier molecular flexibility index (Phi) is 4.80. The second-order valence-corrected chi connectivity index (χ2v) is 7.38. The van der Waals surface area contributed by atoms with Crippen molar-refractivity contribution in [2.75, 3.05) is 23.9 Å². The van der Waals surface area contributed by atoms with Gasteiger partial charge in [0.2, 0.25) is 5.91 Å². The van der Waals surface area contributed by atoms with Crippen LogP contribution < -0.4 is 15.0 Å². The highest BCUT2D eigenvalue weighted by Crippen LogP contribution is 2.37. The van der Waals surface area contributed by atoms with Gasteiger partial charge in [-0.2, -0.15) is 0 Å². The Balaban J connectivity index is 1.89. The van der Waals surface area contributed by atoms with Gasteiger partial charge in [-0.05, 0) is 39.0 Å². The number of nitro benzene ring substituents is 1. The Hall–Kier alpha value is -3.42. The highest BCUT2D eigenvalue weighted by atomic mass is 16.6. The third kappa shape index (κ3) is 3.40. The first-order chi connectivity index (χ1) is 13.1. The van der Waals surface area contributed by atoms with Gasteiger partial charge in [0.15, 0.2) is 0 Å². The van der Waals surface area contributed by atoms with Gasteiger partial charge in [-0.25, -0.2) is 0 Å². The van der Waals surface area contributed by atoms with Crippen LogP contribution in [0.15, 0.2) is 36.4 Å². The number of ether oxygens (including phenoxy) is 1. The molecule has 2 amide bonds. The maximum Gasteiger partial charge on any atom is 0.273 e. The van der Waals surface area contributed by atoms with E-state index in [9.17, 15) is 19.7 Å². The third-order valence-electron chi connectivity index (χ3n) is 4.80. The minimum absolute atomic E-state index is 0.0599. The monoisotopic (exact) mass is 383 g/mol. The minimum atomic E-state index is -0.669. The SMILES string of the molecule is Cc1c(C(=O)Nc2ccc3c(c2)OCC(C)(C)C(=O)N3C)cccc1[N+](=O)[O-]. The fourth-order valence-electron chi connectivity index (χ4n) is 3.13. The number of fused-ring (bicyclic) bond motifs is 1. The topological polar surface area (TPSA) is 102 Å². The van der Waals surface area contributed by atoms with E-state index in [0.717, 1.165) is 0 Å². The summed E-state index contributed by atoms with van der Waals surface area (Å²) >= 11 is 0.